The fourth-order valence-electron chi connectivity index (χ4n) is 2.31. The number of halogens is 1. The largest absolute Gasteiger partial charge is 0.508 e. The Kier molecular flexibility index (Phi) is 2.77. The van der Waals surface area contributed by atoms with E-state index in [0.717, 1.165) is 23.1 Å². The Morgan fingerprint density at radius 2 is 1.78 bits per heavy atom. The third-order valence-corrected chi connectivity index (χ3v) is 3.74. The maximum absolute atomic E-state index is 10.1. The molecule has 0 heterocycles. The fourth-order valence-corrected chi connectivity index (χ4v) is 2.67. The number of hydrogen-bond donors (Lipinski definition) is 2. The van der Waals surface area contributed by atoms with Crippen molar-refractivity contribution < 1.29 is 5.11 Å². The van der Waals surface area contributed by atoms with Gasteiger partial charge in [0, 0.05) is 22.5 Å². The van der Waals surface area contributed by atoms with Crippen LogP contribution in [0.3, 0.4) is 0 Å². The van der Waals surface area contributed by atoms with Crippen LogP contribution in [0.4, 0.5) is 0 Å². The highest BCUT2D eigenvalue weighted by molar-refractivity contribution is 6.32. The molecule has 18 heavy (non-hydrogen) atoms. The number of aromatic hydroxyl groups is 1. The molecule has 0 radical (unpaired) electrons. The highest BCUT2D eigenvalue weighted by atomic mass is 35.5. The molecular weight excluding hydrogens is 246 g/mol. The Balaban J connectivity index is 2.05. The molecule has 1 aliphatic carbocycles. The summed E-state index contributed by atoms with van der Waals surface area (Å²) in [6.07, 6.45) is 0.901. The van der Waals surface area contributed by atoms with Gasteiger partial charge in [-0.3, -0.25) is 0 Å². The van der Waals surface area contributed by atoms with E-state index in [0.29, 0.717) is 5.02 Å². The summed E-state index contributed by atoms with van der Waals surface area (Å²) in [7, 11) is 0. The molecule has 0 saturated heterocycles. The third kappa shape index (κ3) is 1.98. The summed E-state index contributed by atoms with van der Waals surface area (Å²) in [6.45, 7) is 0. The van der Waals surface area contributed by atoms with Gasteiger partial charge in [0.25, 0.3) is 0 Å². The normalized spacial score (nSPS) is 21.9. The lowest BCUT2D eigenvalue weighted by atomic mass is 10.0. The molecule has 92 valence electrons. The van der Waals surface area contributed by atoms with E-state index in [4.69, 9.17) is 17.3 Å². The molecular formula is C15H14ClNO. The van der Waals surface area contributed by atoms with Crippen LogP contribution in [0.2, 0.25) is 5.02 Å². The predicted octanol–water partition coefficient (Wildman–Crippen LogP) is 3.53. The number of rotatable bonds is 2. The van der Waals surface area contributed by atoms with Crippen molar-refractivity contribution in [1.82, 2.24) is 0 Å². The Labute approximate surface area is 111 Å². The predicted molar refractivity (Wildman–Crippen MR) is 73.9 cm³/mol. The maximum Gasteiger partial charge on any atom is 0.121 e. The van der Waals surface area contributed by atoms with Crippen molar-refractivity contribution in [3.05, 3.63) is 53.1 Å². The van der Waals surface area contributed by atoms with Crippen LogP contribution in [-0.4, -0.2) is 11.1 Å². The van der Waals surface area contributed by atoms with Crippen LogP contribution >= 0.6 is 11.6 Å². The second-order valence-corrected chi connectivity index (χ2v) is 5.17. The molecule has 1 saturated carbocycles. The lowest BCUT2D eigenvalue weighted by Gasteiger charge is -2.10. The lowest BCUT2D eigenvalue weighted by Crippen LogP contribution is -2.01. The monoisotopic (exact) mass is 259 g/mol. The Morgan fingerprint density at radius 1 is 1.11 bits per heavy atom. The van der Waals surface area contributed by atoms with Gasteiger partial charge in [-0.1, -0.05) is 41.9 Å². The van der Waals surface area contributed by atoms with Gasteiger partial charge in [0.1, 0.15) is 5.75 Å². The van der Waals surface area contributed by atoms with Crippen LogP contribution in [0.1, 0.15) is 17.9 Å². The van der Waals surface area contributed by atoms with E-state index < -0.39 is 0 Å². The van der Waals surface area contributed by atoms with Crippen LogP contribution in [0, 0.1) is 0 Å². The molecule has 2 aromatic rings. The van der Waals surface area contributed by atoms with Crippen molar-refractivity contribution in [3.8, 4) is 16.9 Å². The van der Waals surface area contributed by atoms with E-state index in [9.17, 15) is 5.11 Å². The first-order valence-corrected chi connectivity index (χ1v) is 6.38. The van der Waals surface area contributed by atoms with Crippen LogP contribution in [0.25, 0.3) is 11.1 Å². The molecule has 2 atom stereocenters. The molecule has 0 bridgehead atoms. The quantitative estimate of drug-likeness (QED) is 0.867. The Morgan fingerprint density at radius 3 is 2.33 bits per heavy atom. The van der Waals surface area contributed by atoms with Crippen molar-refractivity contribution >= 4 is 11.6 Å². The van der Waals surface area contributed by atoms with E-state index in [-0.39, 0.29) is 17.7 Å². The van der Waals surface area contributed by atoms with Crippen LogP contribution in [-0.2, 0) is 0 Å². The zero-order chi connectivity index (χ0) is 12.7. The van der Waals surface area contributed by atoms with Gasteiger partial charge in [0.2, 0.25) is 0 Å². The summed E-state index contributed by atoms with van der Waals surface area (Å²) < 4.78 is 0. The van der Waals surface area contributed by atoms with Crippen molar-refractivity contribution in [1.29, 1.82) is 0 Å². The standard InChI is InChI=1S/C15H14ClNO/c16-12-6-10(9-4-2-1-3-5-9)7-14(18)15(12)11-8-13(11)17/h1-7,11,13,18H,8,17H2. The van der Waals surface area contributed by atoms with Gasteiger partial charge in [0.15, 0.2) is 0 Å². The minimum Gasteiger partial charge on any atom is -0.508 e. The van der Waals surface area contributed by atoms with Gasteiger partial charge in [-0.15, -0.1) is 0 Å². The summed E-state index contributed by atoms with van der Waals surface area (Å²) in [5, 5.41) is 10.7. The molecule has 1 aliphatic rings. The molecule has 0 aromatic heterocycles. The van der Waals surface area contributed by atoms with Gasteiger partial charge in [0.05, 0.1) is 0 Å². The highest BCUT2D eigenvalue weighted by Gasteiger charge is 2.38. The molecule has 0 spiro atoms. The third-order valence-electron chi connectivity index (χ3n) is 3.43. The first-order chi connectivity index (χ1) is 8.66. The second-order valence-electron chi connectivity index (χ2n) is 4.76. The van der Waals surface area contributed by atoms with Crippen LogP contribution in [0.5, 0.6) is 5.75 Å². The van der Waals surface area contributed by atoms with Gasteiger partial charge in [-0.25, -0.2) is 0 Å². The van der Waals surface area contributed by atoms with Crippen LogP contribution in [0.15, 0.2) is 42.5 Å². The molecule has 0 amide bonds. The van der Waals surface area contributed by atoms with Crippen molar-refractivity contribution in [2.75, 3.05) is 0 Å². The number of phenols is 1. The minimum absolute atomic E-state index is 0.135. The lowest BCUT2D eigenvalue weighted by molar-refractivity contribution is 0.468. The molecule has 1 fully saturated rings. The highest BCUT2D eigenvalue weighted by Crippen LogP contribution is 2.47. The minimum atomic E-state index is 0.135. The van der Waals surface area contributed by atoms with E-state index in [1.54, 1.807) is 6.07 Å². The van der Waals surface area contributed by atoms with Crippen LogP contribution < -0.4 is 5.73 Å². The summed E-state index contributed by atoms with van der Waals surface area (Å²) in [5.74, 6) is 0.460. The fraction of sp³-hybridized carbons (Fsp3) is 0.200. The van der Waals surface area contributed by atoms with Gasteiger partial charge in [-0.05, 0) is 29.7 Å². The van der Waals surface area contributed by atoms with E-state index in [2.05, 4.69) is 0 Å². The van der Waals surface area contributed by atoms with E-state index in [1.165, 1.54) is 0 Å². The molecule has 0 aliphatic heterocycles. The molecule has 3 rings (SSSR count). The zero-order valence-electron chi connectivity index (χ0n) is 9.81. The summed E-state index contributed by atoms with van der Waals surface area (Å²) in [4.78, 5) is 0. The van der Waals surface area contributed by atoms with Crippen molar-refractivity contribution in [3.63, 3.8) is 0 Å². The number of hydrogen-bond acceptors (Lipinski definition) is 2. The second kappa shape index (κ2) is 4.30. The number of phenolic OH excluding ortho intramolecular Hbond substituents is 1. The number of benzene rings is 2. The molecule has 3 N–H and O–H groups in total. The molecule has 2 nitrogen and oxygen atoms in total. The Bertz CT molecular complexity index is 559. The SMILES string of the molecule is NC1CC1c1c(O)cc(-c2ccccc2)cc1Cl. The molecule has 3 heteroatoms. The molecule has 2 aromatic carbocycles. The Hall–Kier alpha value is -1.51. The van der Waals surface area contributed by atoms with Gasteiger partial charge < -0.3 is 10.8 Å². The van der Waals surface area contributed by atoms with Gasteiger partial charge >= 0.3 is 0 Å². The average molecular weight is 260 g/mol. The summed E-state index contributed by atoms with van der Waals surface area (Å²) in [6, 6.07) is 13.7. The summed E-state index contributed by atoms with van der Waals surface area (Å²) >= 11 is 6.27. The summed E-state index contributed by atoms with van der Waals surface area (Å²) in [5.41, 5.74) is 8.58. The topological polar surface area (TPSA) is 46.2 Å². The van der Waals surface area contributed by atoms with E-state index >= 15 is 0 Å². The average Bonchev–Trinajstić information content (AvgIpc) is 3.06. The first-order valence-electron chi connectivity index (χ1n) is 6.00. The number of nitrogens with two attached hydrogens (primary N) is 1. The smallest absolute Gasteiger partial charge is 0.121 e. The molecule has 2 unspecified atom stereocenters. The van der Waals surface area contributed by atoms with Crippen molar-refractivity contribution in [2.24, 2.45) is 5.73 Å². The maximum atomic E-state index is 10.1. The van der Waals surface area contributed by atoms with Crippen molar-refractivity contribution in [2.45, 2.75) is 18.4 Å². The van der Waals surface area contributed by atoms with E-state index in [1.807, 2.05) is 36.4 Å². The van der Waals surface area contributed by atoms with Gasteiger partial charge in [-0.2, -0.15) is 0 Å². The zero-order valence-corrected chi connectivity index (χ0v) is 10.6. The first kappa shape index (κ1) is 11.6.